The van der Waals surface area contributed by atoms with Crippen molar-refractivity contribution >= 4 is 5.97 Å². The molecule has 4 nitrogen and oxygen atoms in total. The molecule has 0 spiro atoms. The van der Waals surface area contributed by atoms with Crippen molar-refractivity contribution < 1.29 is 19.0 Å². The van der Waals surface area contributed by atoms with E-state index in [9.17, 15) is 9.18 Å². The van der Waals surface area contributed by atoms with Gasteiger partial charge in [0.25, 0.3) is 0 Å². The largest absolute Gasteiger partial charge is 0.488 e. The average Bonchev–Trinajstić information content (AvgIpc) is 2.38. The van der Waals surface area contributed by atoms with Crippen molar-refractivity contribution in [3.05, 3.63) is 29.6 Å². The van der Waals surface area contributed by atoms with Crippen LogP contribution in [-0.4, -0.2) is 42.2 Å². The number of likely N-dealkylation sites (N-methyl/N-ethyl adjacent to an activating group) is 1. The number of piperidine rings is 1. The zero-order valence-electron chi connectivity index (χ0n) is 10.9. The predicted octanol–water partition coefficient (Wildman–Crippen LogP) is 2.39. The molecule has 0 aromatic heterocycles. The van der Waals surface area contributed by atoms with Crippen LogP contribution in [-0.2, 0) is 0 Å². The first-order valence-electron chi connectivity index (χ1n) is 6.44. The van der Waals surface area contributed by atoms with Crippen LogP contribution in [0.4, 0.5) is 4.39 Å². The van der Waals surface area contributed by atoms with Crippen molar-refractivity contribution in [2.75, 3.05) is 20.2 Å². The number of likely N-dealkylation sites (tertiary alicyclic amines) is 1. The van der Waals surface area contributed by atoms with Gasteiger partial charge in [-0.2, -0.15) is 0 Å². The number of hydrogen-bond acceptors (Lipinski definition) is 3. The third-order valence-corrected chi connectivity index (χ3v) is 3.54. The summed E-state index contributed by atoms with van der Waals surface area (Å²) in [5.74, 6) is -1.96. The lowest BCUT2D eigenvalue weighted by molar-refractivity contribution is 0.0686. The Balaban J connectivity index is 2.08. The Morgan fingerprint density at radius 3 is 3.00 bits per heavy atom. The minimum atomic E-state index is -1.17. The van der Waals surface area contributed by atoms with Crippen LogP contribution in [0.2, 0.25) is 0 Å². The maximum atomic E-state index is 13.7. The summed E-state index contributed by atoms with van der Waals surface area (Å²) in [7, 11) is 2.01. The number of para-hydroxylation sites is 1. The zero-order valence-corrected chi connectivity index (χ0v) is 10.9. The fourth-order valence-corrected chi connectivity index (χ4v) is 2.36. The Labute approximate surface area is 111 Å². The van der Waals surface area contributed by atoms with Crippen LogP contribution in [0.25, 0.3) is 0 Å². The number of ether oxygens (including phenoxy) is 1. The number of rotatable bonds is 4. The Hall–Kier alpha value is -1.62. The van der Waals surface area contributed by atoms with Crippen LogP contribution in [0, 0.1) is 5.82 Å². The lowest BCUT2D eigenvalue weighted by atomic mass is 10.0. The molecule has 1 fully saturated rings. The van der Waals surface area contributed by atoms with Gasteiger partial charge in [-0.1, -0.05) is 12.5 Å². The molecular weight excluding hydrogens is 249 g/mol. The third kappa shape index (κ3) is 3.23. The van der Waals surface area contributed by atoms with E-state index >= 15 is 0 Å². The van der Waals surface area contributed by atoms with Gasteiger partial charge in [-0.05, 0) is 38.6 Å². The lowest BCUT2D eigenvalue weighted by Crippen LogP contribution is -2.40. The van der Waals surface area contributed by atoms with Crippen molar-refractivity contribution in [2.24, 2.45) is 0 Å². The van der Waals surface area contributed by atoms with Gasteiger partial charge in [-0.25, -0.2) is 9.18 Å². The molecule has 1 unspecified atom stereocenters. The van der Waals surface area contributed by atoms with Gasteiger partial charge in [0.1, 0.15) is 12.2 Å². The molecule has 0 aliphatic carbocycles. The molecule has 104 valence electrons. The Kier molecular flexibility index (Phi) is 4.37. The molecule has 1 atom stereocenters. The minimum Gasteiger partial charge on any atom is -0.488 e. The monoisotopic (exact) mass is 267 g/mol. The fourth-order valence-electron chi connectivity index (χ4n) is 2.36. The van der Waals surface area contributed by atoms with Gasteiger partial charge in [0, 0.05) is 6.04 Å². The molecule has 0 amide bonds. The van der Waals surface area contributed by atoms with Crippen molar-refractivity contribution in [1.82, 2.24) is 4.90 Å². The SMILES string of the molecule is CN1CCCCC1COc1c(F)cccc1C(=O)O. The van der Waals surface area contributed by atoms with Crippen LogP contribution in [0.15, 0.2) is 18.2 Å². The fraction of sp³-hybridized carbons (Fsp3) is 0.500. The molecule has 1 aliphatic heterocycles. The highest BCUT2D eigenvalue weighted by molar-refractivity contribution is 5.90. The van der Waals surface area contributed by atoms with Crippen molar-refractivity contribution in [3.63, 3.8) is 0 Å². The summed E-state index contributed by atoms with van der Waals surface area (Å²) in [5.41, 5.74) is -0.126. The van der Waals surface area contributed by atoms with E-state index in [1.165, 1.54) is 18.2 Å². The van der Waals surface area contributed by atoms with Gasteiger partial charge in [0.2, 0.25) is 0 Å². The molecule has 0 bridgehead atoms. The van der Waals surface area contributed by atoms with Crippen LogP contribution >= 0.6 is 0 Å². The molecule has 1 aromatic rings. The summed E-state index contributed by atoms with van der Waals surface area (Å²) in [6.07, 6.45) is 3.28. The van der Waals surface area contributed by atoms with Gasteiger partial charge >= 0.3 is 5.97 Å². The maximum Gasteiger partial charge on any atom is 0.339 e. The van der Waals surface area contributed by atoms with E-state index < -0.39 is 11.8 Å². The number of carboxylic acid groups (broad SMARTS) is 1. The summed E-state index contributed by atoms with van der Waals surface area (Å²) >= 11 is 0. The average molecular weight is 267 g/mol. The smallest absolute Gasteiger partial charge is 0.339 e. The van der Waals surface area contributed by atoms with E-state index in [2.05, 4.69) is 4.90 Å². The molecule has 1 aromatic carbocycles. The topological polar surface area (TPSA) is 49.8 Å². The highest BCUT2D eigenvalue weighted by Gasteiger charge is 2.22. The Morgan fingerprint density at radius 2 is 2.32 bits per heavy atom. The van der Waals surface area contributed by atoms with Crippen LogP contribution < -0.4 is 4.74 Å². The summed E-state index contributed by atoms with van der Waals surface area (Å²) < 4.78 is 19.1. The van der Waals surface area contributed by atoms with Crippen LogP contribution in [0.5, 0.6) is 5.75 Å². The first-order chi connectivity index (χ1) is 9.09. The Morgan fingerprint density at radius 1 is 1.53 bits per heavy atom. The quantitative estimate of drug-likeness (QED) is 0.910. The Bertz CT molecular complexity index is 464. The number of carboxylic acids is 1. The number of carbonyl (C=O) groups is 1. The lowest BCUT2D eigenvalue weighted by Gasteiger charge is -2.32. The first-order valence-corrected chi connectivity index (χ1v) is 6.44. The molecule has 2 rings (SSSR count). The standard InChI is InChI=1S/C14H18FNO3/c1-16-8-3-2-5-10(16)9-19-13-11(14(17)18)6-4-7-12(13)15/h4,6-7,10H,2-3,5,8-9H2,1H3,(H,17,18). The summed E-state index contributed by atoms with van der Waals surface area (Å²) in [5, 5.41) is 9.02. The van der Waals surface area contributed by atoms with Crippen molar-refractivity contribution in [1.29, 1.82) is 0 Å². The maximum absolute atomic E-state index is 13.7. The number of hydrogen-bond donors (Lipinski definition) is 1. The number of nitrogens with zero attached hydrogens (tertiary/aromatic N) is 1. The summed E-state index contributed by atoms with van der Waals surface area (Å²) in [6.45, 7) is 1.31. The van der Waals surface area contributed by atoms with Gasteiger partial charge in [-0.15, -0.1) is 0 Å². The molecule has 1 N–H and O–H groups in total. The highest BCUT2D eigenvalue weighted by atomic mass is 19.1. The third-order valence-electron chi connectivity index (χ3n) is 3.54. The van der Waals surface area contributed by atoms with Gasteiger partial charge in [0.05, 0.1) is 0 Å². The van der Waals surface area contributed by atoms with Crippen LogP contribution in [0.3, 0.4) is 0 Å². The molecule has 0 saturated carbocycles. The van der Waals surface area contributed by atoms with Crippen LogP contribution in [0.1, 0.15) is 29.6 Å². The predicted molar refractivity (Wildman–Crippen MR) is 69.1 cm³/mol. The molecule has 19 heavy (non-hydrogen) atoms. The van der Waals surface area contributed by atoms with E-state index in [1.54, 1.807) is 0 Å². The minimum absolute atomic E-state index is 0.126. The van der Waals surface area contributed by atoms with Gasteiger partial charge in [-0.3, -0.25) is 0 Å². The normalized spacial score (nSPS) is 20.2. The van der Waals surface area contributed by atoms with E-state index in [1.807, 2.05) is 7.05 Å². The molecule has 5 heteroatoms. The van der Waals surface area contributed by atoms with E-state index in [-0.39, 0.29) is 17.4 Å². The second-order valence-corrected chi connectivity index (χ2v) is 4.86. The van der Waals surface area contributed by atoms with E-state index in [0.717, 1.165) is 25.8 Å². The van der Waals surface area contributed by atoms with E-state index in [0.29, 0.717) is 6.61 Å². The van der Waals surface area contributed by atoms with Crippen molar-refractivity contribution in [2.45, 2.75) is 25.3 Å². The van der Waals surface area contributed by atoms with Crippen molar-refractivity contribution in [3.8, 4) is 5.75 Å². The van der Waals surface area contributed by atoms with Gasteiger partial charge in [0.15, 0.2) is 11.6 Å². The number of aromatic carboxylic acids is 1. The molecule has 1 heterocycles. The highest BCUT2D eigenvalue weighted by Crippen LogP contribution is 2.24. The molecule has 0 radical (unpaired) electrons. The number of benzene rings is 1. The second-order valence-electron chi connectivity index (χ2n) is 4.86. The summed E-state index contributed by atoms with van der Waals surface area (Å²) in [6, 6.07) is 4.16. The molecular formula is C14H18FNO3. The second kappa shape index (κ2) is 6.02. The first kappa shape index (κ1) is 13.8. The number of halogens is 1. The van der Waals surface area contributed by atoms with E-state index in [4.69, 9.17) is 9.84 Å². The molecule has 1 aliphatic rings. The van der Waals surface area contributed by atoms with Gasteiger partial charge < -0.3 is 14.7 Å². The summed E-state index contributed by atoms with van der Waals surface area (Å²) in [4.78, 5) is 13.2. The molecule has 1 saturated heterocycles. The zero-order chi connectivity index (χ0) is 13.8.